The minimum absolute atomic E-state index is 0.0844. The average molecular weight is 471 g/mol. The molecule has 0 fully saturated rings. The summed E-state index contributed by atoms with van der Waals surface area (Å²) in [6.45, 7) is 9.77. The monoisotopic (exact) mass is 470 g/mol. The van der Waals surface area contributed by atoms with Crippen molar-refractivity contribution in [3.05, 3.63) is 17.9 Å². The lowest BCUT2D eigenvalue weighted by Crippen LogP contribution is -2.40. The van der Waals surface area contributed by atoms with Gasteiger partial charge >= 0.3 is 5.97 Å². The van der Waals surface area contributed by atoms with Gasteiger partial charge in [0.2, 0.25) is 0 Å². The molecule has 0 aliphatic heterocycles. The van der Waals surface area contributed by atoms with E-state index in [9.17, 15) is 4.79 Å². The van der Waals surface area contributed by atoms with E-state index in [1.54, 1.807) is 13.4 Å². The highest BCUT2D eigenvalue weighted by atomic mass is 28.3. The van der Waals surface area contributed by atoms with Gasteiger partial charge in [-0.3, -0.25) is 4.79 Å². The Morgan fingerprint density at radius 3 is 2.12 bits per heavy atom. The Hall–Kier alpha value is -1.15. The summed E-state index contributed by atoms with van der Waals surface area (Å²) in [6, 6.07) is 1.95. The lowest BCUT2D eigenvalue weighted by atomic mass is 10.1. The van der Waals surface area contributed by atoms with Crippen molar-refractivity contribution in [3.8, 4) is 0 Å². The van der Waals surface area contributed by atoms with Crippen LogP contribution in [0.3, 0.4) is 0 Å². The molecular formula is C25H46O6Si. The van der Waals surface area contributed by atoms with Crippen LogP contribution in [0.2, 0.25) is 19.6 Å². The van der Waals surface area contributed by atoms with Crippen LogP contribution < -0.4 is 5.38 Å². The molecule has 0 aliphatic carbocycles. The van der Waals surface area contributed by atoms with Crippen LogP contribution in [0.4, 0.5) is 0 Å². The molecule has 186 valence electrons. The van der Waals surface area contributed by atoms with E-state index in [1.165, 1.54) is 45.6 Å². The normalized spacial score (nSPS) is 13.8. The summed E-state index contributed by atoms with van der Waals surface area (Å²) in [7, 11) is 1.50. The van der Waals surface area contributed by atoms with E-state index in [0.29, 0.717) is 25.2 Å². The van der Waals surface area contributed by atoms with Gasteiger partial charge in [-0.05, 0) is 12.5 Å². The van der Waals surface area contributed by atoms with Crippen LogP contribution in [0.5, 0.6) is 0 Å². The third-order valence-corrected chi connectivity index (χ3v) is 7.34. The number of hydrogen-bond donors (Lipinski definition) is 0. The number of carbonyl (C=O) groups is 1. The van der Waals surface area contributed by atoms with Crippen molar-refractivity contribution in [1.29, 1.82) is 0 Å². The molecule has 0 saturated heterocycles. The van der Waals surface area contributed by atoms with E-state index in [0.717, 1.165) is 24.6 Å². The molecule has 0 bridgehead atoms. The predicted molar refractivity (Wildman–Crippen MR) is 131 cm³/mol. The van der Waals surface area contributed by atoms with E-state index in [2.05, 4.69) is 26.6 Å². The largest absolute Gasteiger partial charge is 0.474 e. The number of unbranched alkanes of at least 4 members (excludes halogenated alkanes) is 8. The van der Waals surface area contributed by atoms with E-state index < -0.39 is 13.9 Å². The maximum atomic E-state index is 12.7. The van der Waals surface area contributed by atoms with Crippen molar-refractivity contribution in [2.24, 2.45) is 0 Å². The first-order valence-corrected chi connectivity index (χ1v) is 15.7. The minimum atomic E-state index is -1.66. The maximum absolute atomic E-state index is 12.7. The van der Waals surface area contributed by atoms with Gasteiger partial charge < -0.3 is 23.4 Å². The number of methoxy groups -OCH3 is 2. The molecule has 0 radical (unpaired) electrons. The highest BCUT2D eigenvalue weighted by Crippen LogP contribution is 2.29. The van der Waals surface area contributed by atoms with Crippen molar-refractivity contribution in [2.75, 3.05) is 34.0 Å². The summed E-state index contributed by atoms with van der Waals surface area (Å²) in [5.41, 5.74) is 0.676. The second-order valence-corrected chi connectivity index (χ2v) is 14.5. The number of furan rings is 1. The molecule has 6 nitrogen and oxygen atoms in total. The molecule has 1 aromatic heterocycles. The fraction of sp³-hybridized carbons (Fsp3) is 0.800. The Labute approximate surface area is 196 Å². The SMILES string of the molecule is CCCCCCCCCCCC(=O)OC(COCCOC)(OC)c1coc([Si](C)(C)C)c1. The molecule has 1 aromatic rings. The molecule has 0 aromatic carbocycles. The van der Waals surface area contributed by atoms with Crippen LogP contribution in [0.25, 0.3) is 0 Å². The Morgan fingerprint density at radius 1 is 0.969 bits per heavy atom. The minimum Gasteiger partial charge on any atom is -0.474 e. The first-order valence-electron chi connectivity index (χ1n) is 12.2. The average Bonchev–Trinajstić information content (AvgIpc) is 3.26. The Balaban J connectivity index is 2.63. The molecule has 32 heavy (non-hydrogen) atoms. The fourth-order valence-corrected chi connectivity index (χ4v) is 4.48. The summed E-state index contributed by atoms with van der Waals surface area (Å²) in [5.74, 6) is -1.59. The molecule has 1 atom stereocenters. The second-order valence-electron chi connectivity index (χ2n) is 9.50. The smallest absolute Gasteiger partial charge is 0.308 e. The highest BCUT2D eigenvalue weighted by Gasteiger charge is 2.40. The van der Waals surface area contributed by atoms with Gasteiger partial charge in [0.25, 0.3) is 5.79 Å². The van der Waals surface area contributed by atoms with Gasteiger partial charge in [-0.1, -0.05) is 77.9 Å². The van der Waals surface area contributed by atoms with E-state index in [4.69, 9.17) is 23.4 Å². The first-order chi connectivity index (χ1) is 15.3. The van der Waals surface area contributed by atoms with Gasteiger partial charge in [-0.2, -0.15) is 0 Å². The topological polar surface area (TPSA) is 67.1 Å². The third-order valence-electron chi connectivity index (χ3n) is 5.60. The Bertz CT molecular complexity index is 624. The second kappa shape index (κ2) is 15.6. The summed E-state index contributed by atoms with van der Waals surface area (Å²) in [4.78, 5) is 12.7. The number of hydrogen-bond acceptors (Lipinski definition) is 6. The van der Waals surface area contributed by atoms with Crippen molar-refractivity contribution in [2.45, 2.75) is 96.6 Å². The quantitative estimate of drug-likeness (QED) is 0.111. The lowest BCUT2D eigenvalue weighted by Gasteiger charge is -2.30. The van der Waals surface area contributed by atoms with Crippen molar-refractivity contribution in [1.82, 2.24) is 0 Å². The number of ether oxygens (including phenoxy) is 4. The number of esters is 1. The zero-order chi connectivity index (χ0) is 23.9. The maximum Gasteiger partial charge on any atom is 0.308 e. The van der Waals surface area contributed by atoms with Gasteiger partial charge in [-0.15, -0.1) is 0 Å². The van der Waals surface area contributed by atoms with Crippen LogP contribution in [0.1, 0.15) is 76.7 Å². The van der Waals surface area contributed by atoms with Crippen LogP contribution in [0.15, 0.2) is 16.7 Å². The molecule has 7 heteroatoms. The van der Waals surface area contributed by atoms with Gasteiger partial charge in [0.1, 0.15) is 14.7 Å². The van der Waals surface area contributed by atoms with Gasteiger partial charge in [0.15, 0.2) is 0 Å². The van der Waals surface area contributed by atoms with Crippen LogP contribution in [0, 0.1) is 0 Å². The molecule has 1 heterocycles. The van der Waals surface area contributed by atoms with E-state index in [1.807, 2.05) is 6.07 Å². The summed E-state index contributed by atoms with van der Waals surface area (Å²) < 4.78 is 28.2. The van der Waals surface area contributed by atoms with Gasteiger partial charge in [-0.25, -0.2) is 0 Å². The highest BCUT2D eigenvalue weighted by molar-refractivity contribution is 6.87. The fourth-order valence-electron chi connectivity index (χ4n) is 3.48. The molecule has 1 unspecified atom stereocenters. The zero-order valence-corrected chi connectivity index (χ0v) is 22.3. The zero-order valence-electron chi connectivity index (χ0n) is 21.3. The third kappa shape index (κ3) is 10.6. The van der Waals surface area contributed by atoms with Crippen molar-refractivity contribution < 1.29 is 28.2 Å². The first kappa shape index (κ1) is 28.9. The summed E-state index contributed by atoms with van der Waals surface area (Å²) in [5, 5.41) is 0.931. The summed E-state index contributed by atoms with van der Waals surface area (Å²) in [6.07, 6.45) is 12.8. The van der Waals surface area contributed by atoms with Crippen LogP contribution in [-0.2, 0) is 29.5 Å². The van der Waals surface area contributed by atoms with Crippen molar-refractivity contribution in [3.63, 3.8) is 0 Å². The molecular weight excluding hydrogens is 424 g/mol. The van der Waals surface area contributed by atoms with Crippen LogP contribution in [-0.4, -0.2) is 48.1 Å². The molecule has 1 rings (SSSR count). The van der Waals surface area contributed by atoms with Gasteiger partial charge in [0.05, 0.1) is 30.4 Å². The Morgan fingerprint density at radius 2 is 1.59 bits per heavy atom. The molecule has 0 N–H and O–H groups in total. The predicted octanol–water partition coefficient (Wildman–Crippen LogP) is 5.75. The number of carbonyl (C=O) groups excluding carboxylic acids is 1. The van der Waals surface area contributed by atoms with E-state index in [-0.39, 0.29) is 12.6 Å². The molecule has 0 saturated carbocycles. The Kier molecular flexibility index (Phi) is 14.1. The molecule has 0 spiro atoms. The van der Waals surface area contributed by atoms with Crippen LogP contribution >= 0.6 is 0 Å². The number of rotatable bonds is 19. The summed E-state index contributed by atoms with van der Waals surface area (Å²) >= 11 is 0. The molecule has 0 amide bonds. The lowest BCUT2D eigenvalue weighted by molar-refractivity contribution is -0.250. The van der Waals surface area contributed by atoms with Crippen molar-refractivity contribution >= 4 is 19.4 Å². The van der Waals surface area contributed by atoms with Gasteiger partial charge in [0, 0.05) is 20.6 Å². The standard InChI is InChI=1S/C25H46O6Si/c1-7-8-9-10-11-12-13-14-15-16-23(26)31-25(28-3,21-29-18-17-27-2)22-19-24(30-20-22)32(4,5)6/h19-20H,7-18,21H2,1-6H3. The molecule has 0 aliphatic rings. The van der Waals surface area contributed by atoms with E-state index >= 15 is 0 Å².